The molecule has 5 nitrogen and oxygen atoms in total. The van der Waals surface area contributed by atoms with Gasteiger partial charge < -0.3 is 14.4 Å². The number of para-hydroxylation sites is 1. The predicted molar refractivity (Wildman–Crippen MR) is 111 cm³/mol. The molecule has 28 heavy (non-hydrogen) atoms. The summed E-state index contributed by atoms with van der Waals surface area (Å²) in [5.41, 5.74) is 3.68. The summed E-state index contributed by atoms with van der Waals surface area (Å²) < 4.78 is 10.5. The van der Waals surface area contributed by atoms with Crippen LogP contribution in [-0.2, 0) is 22.6 Å². The number of amides is 1. The van der Waals surface area contributed by atoms with Crippen LogP contribution in [0, 0.1) is 6.92 Å². The molecule has 0 spiro atoms. The molecule has 0 unspecified atom stereocenters. The topological polar surface area (TPSA) is 51.7 Å². The average Bonchev–Trinajstić information content (AvgIpc) is 2.68. The van der Waals surface area contributed by atoms with Crippen molar-refractivity contribution in [3.05, 3.63) is 70.4 Å². The van der Waals surface area contributed by atoms with Crippen molar-refractivity contribution in [2.75, 3.05) is 20.8 Å². The summed E-state index contributed by atoms with van der Waals surface area (Å²) in [6.45, 7) is 2.74. The molecule has 2 aromatic carbocycles. The largest absolute Gasteiger partial charge is 0.496 e. The molecule has 1 aromatic heterocycles. The van der Waals surface area contributed by atoms with Crippen LogP contribution in [0.4, 0.5) is 0 Å². The van der Waals surface area contributed by atoms with Crippen LogP contribution in [0.5, 0.6) is 5.75 Å². The first-order valence-corrected chi connectivity index (χ1v) is 9.34. The minimum absolute atomic E-state index is 0.00706. The maximum atomic E-state index is 12.7. The van der Waals surface area contributed by atoms with Crippen LogP contribution >= 0.6 is 11.6 Å². The quantitative estimate of drug-likeness (QED) is 0.554. The van der Waals surface area contributed by atoms with E-state index in [2.05, 4.69) is 11.1 Å². The van der Waals surface area contributed by atoms with E-state index in [-0.39, 0.29) is 12.5 Å². The Morgan fingerprint density at radius 1 is 1.07 bits per heavy atom. The summed E-state index contributed by atoms with van der Waals surface area (Å²) in [6, 6.07) is 15.6. The van der Waals surface area contributed by atoms with E-state index < -0.39 is 0 Å². The number of methoxy groups -OCH3 is 2. The number of aryl methyl sites for hydroxylation is 1. The zero-order valence-electron chi connectivity index (χ0n) is 16.2. The molecule has 1 heterocycles. The van der Waals surface area contributed by atoms with Gasteiger partial charge in [-0.1, -0.05) is 41.4 Å². The number of hydrogen-bond donors (Lipinski definition) is 0. The molecule has 0 saturated carbocycles. The number of halogens is 1. The highest BCUT2D eigenvalue weighted by Crippen LogP contribution is 2.25. The van der Waals surface area contributed by atoms with Crippen molar-refractivity contribution in [2.45, 2.75) is 20.0 Å². The number of carbonyl (C=O) groups excluding carboxylic acids is 1. The Balaban J connectivity index is 1.94. The molecule has 146 valence electrons. The van der Waals surface area contributed by atoms with Crippen LogP contribution in [0.3, 0.4) is 0 Å². The second-order valence-corrected chi connectivity index (χ2v) is 6.99. The van der Waals surface area contributed by atoms with Gasteiger partial charge >= 0.3 is 0 Å². The lowest BCUT2D eigenvalue weighted by molar-refractivity contribution is -0.136. The van der Waals surface area contributed by atoms with Gasteiger partial charge in [-0.25, -0.2) is 4.98 Å². The molecule has 0 bridgehead atoms. The zero-order valence-corrected chi connectivity index (χ0v) is 17.0. The van der Waals surface area contributed by atoms with Crippen molar-refractivity contribution in [3.63, 3.8) is 0 Å². The van der Waals surface area contributed by atoms with E-state index in [1.807, 2.05) is 49.4 Å². The van der Waals surface area contributed by atoms with E-state index in [0.29, 0.717) is 18.2 Å². The Kier molecular flexibility index (Phi) is 6.49. The van der Waals surface area contributed by atoms with E-state index in [1.165, 1.54) is 7.11 Å². The van der Waals surface area contributed by atoms with Crippen LogP contribution in [0.2, 0.25) is 5.15 Å². The van der Waals surface area contributed by atoms with Gasteiger partial charge in [0.25, 0.3) is 0 Å². The molecule has 6 heteroatoms. The van der Waals surface area contributed by atoms with Crippen LogP contribution < -0.4 is 4.74 Å². The third-order valence-corrected chi connectivity index (χ3v) is 4.86. The maximum Gasteiger partial charge on any atom is 0.249 e. The lowest BCUT2D eigenvalue weighted by Crippen LogP contribution is -2.33. The summed E-state index contributed by atoms with van der Waals surface area (Å²) in [4.78, 5) is 18.9. The van der Waals surface area contributed by atoms with Crippen molar-refractivity contribution in [2.24, 2.45) is 0 Å². The fourth-order valence-electron chi connectivity index (χ4n) is 3.12. The van der Waals surface area contributed by atoms with Gasteiger partial charge in [-0.2, -0.15) is 0 Å². The zero-order chi connectivity index (χ0) is 20.1. The highest BCUT2D eigenvalue weighted by atomic mass is 35.5. The second kappa shape index (κ2) is 9.04. The summed E-state index contributed by atoms with van der Waals surface area (Å²) in [7, 11) is 3.12. The Morgan fingerprint density at radius 2 is 1.82 bits per heavy atom. The number of ether oxygens (including phenoxy) is 2. The Hall–Kier alpha value is -2.63. The number of nitrogens with zero attached hydrogens (tertiary/aromatic N) is 2. The highest BCUT2D eigenvalue weighted by Gasteiger charge is 2.18. The van der Waals surface area contributed by atoms with Crippen LogP contribution in [-0.4, -0.2) is 36.6 Å². The van der Waals surface area contributed by atoms with E-state index in [9.17, 15) is 4.79 Å². The van der Waals surface area contributed by atoms with Gasteiger partial charge in [-0.3, -0.25) is 4.79 Å². The first-order valence-electron chi connectivity index (χ1n) is 8.96. The van der Waals surface area contributed by atoms with Gasteiger partial charge in [0.1, 0.15) is 17.5 Å². The molecule has 0 aliphatic carbocycles. The molecule has 3 rings (SSSR count). The molecule has 0 aliphatic heterocycles. The first kappa shape index (κ1) is 20.1. The SMILES string of the molecule is COCC(=O)N(Cc1ccccc1OC)Cc1cc2cc(C)ccc2nc1Cl. The third kappa shape index (κ3) is 4.61. The van der Waals surface area contributed by atoms with Crippen LogP contribution in [0.1, 0.15) is 16.7 Å². The Morgan fingerprint density at radius 3 is 2.57 bits per heavy atom. The van der Waals surface area contributed by atoms with Crippen molar-refractivity contribution in [1.29, 1.82) is 0 Å². The molecule has 0 radical (unpaired) electrons. The number of aromatic nitrogens is 1. The standard InChI is InChI=1S/C22H23ClN2O3/c1-15-8-9-19-17(10-15)11-18(22(23)24-19)13-25(21(26)14-27-2)12-16-6-4-5-7-20(16)28-3/h4-11H,12-14H2,1-3H3. The smallest absolute Gasteiger partial charge is 0.249 e. The number of rotatable bonds is 7. The molecule has 1 amide bonds. The number of fused-ring (bicyclic) bond motifs is 1. The summed E-state index contributed by atoms with van der Waals surface area (Å²) >= 11 is 6.43. The molecule has 0 saturated heterocycles. The Bertz CT molecular complexity index is 991. The van der Waals surface area contributed by atoms with Gasteiger partial charge in [-0.05, 0) is 31.2 Å². The predicted octanol–water partition coefficient (Wildman–Crippen LogP) is 4.38. The minimum Gasteiger partial charge on any atom is -0.496 e. The highest BCUT2D eigenvalue weighted by molar-refractivity contribution is 6.30. The molecule has 0 aliphatic rings. The van der Waals surface area contributed by atoms with E-state index in [4.69, 9.17) is 21.1 Å². The van der Waals surface area contributed by atoms with Crippen molar-refractivity contribution in [1.82, 2.24) is 9.88 Å². The maximum absolute atomic E-state index is 12.7. The molecule has 0 N–H and O–H groups in total. The minimum atomic E-state index is -0.131. The molecule has 0 atom stereocenters. The summed E-state index contributed by atoms with van der Waals surface area (Å²) in [5, 5.41) is 1.39. The molecular formula is C22H23ClN2O3. The summed E-state index contributed by atoms with van der Waals surface area (Å²) in [5.74, 6) is 0.602. The van der Waals surface area contributed by atoms with Gasteiger partial charge in [-0.15, -0.1) is 0 Å². The van der Waals surface area contributed by atoms with E-state index >= 15 is 0 Å². The molecule has 0 fully saturated rings. The van der Waals surface area contributed by atoms with Gasteiger partial charge in [0.15, 0.2) is 0 Å². The van der Waals surface area contributed by atoms with Crippen molar-refractivity contribution in [3.8, 4) is 5.75 Å². The lowest BCUT2D eigenvalue weighted by Gasteiger charge is -2.24. The van der Waals surface area contributed by atoms with E-state index in [0.717, 1.165) is 33.3 Å². The van der Waals surface area contributed by atoms with Gasteiger partial charge in [0, 0.05) is 36.7 Å². The molecular weight excluding hydrogens is 376 g/mol. The van der Waals surface area contributed by atoms with Gasteiger partial charge in [0.05, 0.1) is 12.6 Å². The van der Waals surface area contributed by atoms with Crippen LogP contribution in [0.25, 0.3) is 10.9 Å². The van der Waals surface area contributed by atoms with Crippen molar-refractivity contribution >= 4 is 28.4 Å². The molecule has 3 aromatic rings. The van der Waals surface area contributed by atoms with Crippen LogP contribution in [0.15, 0.2) is 48.5 Å². The fourth-order valence-corrected chi connectivity index (χ4v) is 3.32. The number of pyridine rings is 1. The third-order valence-electron chi connectivity index (χ3n) is 4.53. The Labute approximate surface area is 169 Å². The fraction of sp³-hybridized carbons (Fsp3) is 0.273. The number of hydrogen-bond acceptors (Lipinski definition) is 4. The van der Waals surface area contributed by atoms with Crippen molar-refractivity contribution < 1.29 is 14.3 Å². The monoisotopic (exact) mass is 398 g/mol. The van der Waals surface area contributed by atoms with E-state index in [1.54, 1.807) is 12.0 Å². The lowest BCUT2D eigenvalue weighted by atomic mass is 10.1. The van der Waals surface area contributed by atoms with Gasteiger partial charge in [0.2, 0.25) is 5.91 Å². The average molecular weight is 399 g/mol. The summed E-state index contributed by atoms with van der Waals surface area (Å²) in [6.07, 6.45) is 0. The second-order valence-electron chi connectivity index (χ2n) is 6.63. The first-order chi connectivity index (χ1) is 13.5. The number of benzene rings is 2. The number of carbonyl (C=O) groups is 1. The normalized spacial score (nSPS) is 10.9.